The van der Waals surface area contributed by atoms with Gasteiger partial charge in [0.25, 0.3) is 0 Å². The van der Waals surface area contributed by atoms with Crippen LogP contribution in [0.4, 0.5) is 5.69 Å². The van der Waals surface area contributed by atoms with Crippen molar-refractivity contribution in [3.8, 4) is 0 Å². The van der Waals surface area contributed by atoms with Gasteiger partial charge in [-0.2, -0.15) is 0 Å². The fourth-order valence-electron chi connectivity index (χ4n) is 2.19. The first-order chi connectivity index (χ1) is 9.74. The van der Waals surface area contributed by atoms with Crippen molar-refractivity contribution in [2.24, 2.45) is 5.92 Å². The van der Waals surface area contributed by atoms with E-state index < -0.39 is 0 Å². The summed E-state index contributed by atoms with van der Waals surface area (Å²) < 4.78 is 0. The molecule has 0 bridgehead atoms. The van der Waals surface area contributed by atoms with Crippen molar-refractivity contribution in [3.05, 3.63) is 43.0 Å². The molecule has 0 radical (unpaired) electrons. The van der Waals surface area contributed by atoms with Crippen LogP contribution in [0, 0.1) is 5.92 Å². The van der Waals surface area contributed by atoms with Gasteiger partial charge in [0.05, 0.1) is 0 Å². The molecule has 20 heavy (non-hydrogen) atoms. The standard InChI is InChI=1S/C18H27NO/c1-3-4-5-6-7-8-10-13-16(2)18(20)19-17-14-11-9-12-15-17/h3,9,11-12,14-16H,1,4-8,10,13H2,2H3,(H,19,20). The zero-order valence-electron chi connectivity index (χ0n) is 12.6. The molecule has 1 atom stereocenters. The zero-order valence-corrected chi connectivity index (χ0v) is 12.6. The molecule has 1 amide bonds. The van der Waals surface area contributed by atoms with Crippen LogP contribution in [0.1, 0.15) is 51.9 Å². The number of allylic oxidation sites excluding steroid dienone is 1. The lowest BCUT2D eigenvalue weighted by molar-refractivity contribution is -0.119. The first kappa shape index (κ1) is 16.5. The Morgan fingerprint density at radius 3 is 2.50 bits per heavy atom. The predicted octanol–water partition coefficient (Wildman–Crippen LogP) is 5.18. The Labute approximate surface area is 123 Å². The number of rotatable bonds is 10. The molecule has 1 unspecified atom stereocenters. The van der Waals surface area contributed by atoms with E-state index in [1.54, 1.807) is 0 Å². The van der Waals surface area contributed by atoms with Crippen LogP contribution in [0.5, 0.6) is 0 Å². The van der Waals surface area contributed by atoms with E-state index in [1.807, 2.05) is 43.3 Å². The SMILES string of the molecule is C=CCCCCCCCC(C)C(=O)Nc1ccccc1. The molecule has 1 aromatic carbocycles. The number of nitrogens with one attached hydrogen (secondary N) is 1. The van der Waals surface area contributed by atoms with Crippen LogP contribution < -0.4 is 5.32 Å². The van der Waals surface area contributed by atoms with Crippen LogP contribution in [0.25, 0.3) is 0 Å². The molecule has 0 aromatic heterocycles. The molecule has 0 saturated heterocycles. The maximum Gasteiger partial charge on any atom is 0.227 e. The minimum Gasteiger partial charge on any atom is -0.326 e. The van der Waals surface area contributed by atoms with E-state index in [0.717, 1.165) is 24.9 Å². The van der Waals surface area contributed by atoms with E-state index in [1.165, 1.54) is 25.7 Å². The molecule has 0 fully saturated rings. The van der Waals surface area contributed by atoms with E-state index >= 15 is 0 Å². The Morgan fingerprint density at radius 2 is 1.80 bits per heavy atom. The van der Waals surface area contributed by atoms with Crippen molar-refractivity contribution < 1.29 is 4.79 Å². The minimum absolute atomic E-state index is 0.0865. The Hall–Kier alpha value is -1.57. The fraction of sp³-hybridized carbons (Fsp3) is 0.500. The molecule has 2 nitrogen and oxygen atoms in total. The van der Waals surface area contributed by atoms with Crippen molar-refractivity contribution >= 4 is 11.6 Å². The third-order valence-corrected chi connectivity index (χ3v) is 3.53. The molecule has 0 spiro atoms. The Balaban J connectivity index is 2.11. The van der Waals surface area contributed by atoms with Crippen LogP contribution in [-0.4, -0.2) is 5.91 Å². The summed E-state index contributed by atoms with van der Waals surface area (Å²) in [4.78, 5) is 12.0. The molecule has 0 aliphatic carbocycles. The van der Waals surface area contributed by atoms with Gasteiger partial charge in [0.15, 0.2) is 0 Å². The van der Waals surface area contributed by atoms with E-state index in [4.69, 9.17) is 0 Å². The van der Waals surface area contributed by atoms with Crippen LogP contribution in [0.2, 0.25) is 0 Å². The summed E-state index contributed by atoms with van der Waals surface area (Å²) in [6, 6.07) is 9.66. The van der Waals surface area contributed by atoms with Crippen molar-refractivity contribution in [1.29, 1.82) is 0 Å². The number of para-hydroxylation sites is 1. The number of hydrogen-bond donors (Lipinski definition) is 1. The third kappa shape index (κ3) is 7.13. The van der Waals surface area contributed by atoms with E-state index in [9.17, 15) is 4.79 Å². The van der Waals surface area contributed by atoms with Gasteiger partial charge in [-0.1, -0.05) is 56.9 Å². The van der Waals surface area contributed by atoms with Gasteiger partial charge in [-0.15, -0.1) is 6.58 Å². The minimum atomic E-state index is 0.0865. The lowest BCUT2D eigenvalue weighted by Gasteiger charge is -2.12. The predicted molar refractivity (Wildman–Crippen MR) is 86.8 cm³/mol. The van der Waals surface area contributed by atoms with Crippen molar-refractivity contribution in [3.63, 3.8) is 0 Å². The summed E-state index contributed by atoms with van der Waals surface area (Å²) in [5, 5.41) is 2.96. The molecule has 0 aliphatic heterocycles. The number of amides is 1. The van der Waals surface area contributed by atoms with Gasteiger partial charge in [0, 0.05) is 11.6 Å². The fourth-order valence-corrected chi connectivity index (χ4v) is 2.19. The van der Waals surface area contributed by atoms with Gasteiger partial charge in [-0.05, 0) is 31.4 Å². The van der Waals surface area contributed by atoms with Gasteiger partial charge in [0.2, 0.25) is 5.91 Å². The molecular weight excluding hydrogens is 246 g/mol. The first-order valence-electron chi connectivity index (χ1n) is 7.71. The first-order valence-corrected chi connectivity index (χ1v) is 7.71. The maximum atomic E-state index is 12.0. The molecule has 2 heteroatoms. The van der Waals surface area contributed by atoms with Crippen LogP contribution >= 0.6 is 0 Å². The van der Waals surface area contributed by atoms with E-state index in [0.29, 0.717) is 0 Å². The quantitative estimate of drug-likeness (QED) is 0.462. The highest BCUT2D eigenvalue weighted by molar-refractivity contribution is 5.92. The average molecular weight is 273 g/mol. The molecular formula is C18H27NO. The number of anilines is 1. The van der Waals surface area contributed by atoms with E-state index in [2.05, 4.69) is 11.9 Å². The van der Waals surface area contributed by atoms with Crippen LogP contribution in [0.3, 0.4) is 0 Å². The second-order valence-corrected chi connectivity index (χ2v) is 5.39. The smallest absolute Gasteiger partial charge is 0.227 e. The van der Waals surface area contributed by atoms with Crippen LogP contribution in [-0.2, 0) is 4.79 Å². The Kier molecular flexibility index (Phi) is 8.44. The van der Waals surface area contributed by atoms with Gasteiger partial charge < -0.3 is 5.32 Å². The van der Waals surface area contributed by atoms with Gasteiger partial charge >= 0.3 is 0 Å². The van der Waals surface area contributed by atoms with Gasteiger partial charge in [-0.25, -0.2) is 0 Å². The topological polar surface area (TPSA) is 29.1 Å². The number of carbonyl (C=O) groups excluding carboxylic acids is 1. The Bertz CT molecular complexity index is 386. The molecule has 0 heterocycles. The third-order valence-electron chi connectivity index (χ3n) is 3.53. The molecule has 0 saturated carbocycles. The lowest BCUT2D eigenvalue weighted by atomic mass is 10.0. The number of benzene rings is 1. The molecule has 1 N–H and O–H groups in total. The van der Waals surface area contributed by atoms with Crippen LogP contribution in [0.15, 0.2) is 43.0 Å². The normalized spacial score (nSPS) is 11.8. The van der Waals surface area contributed by atoms with Gasteiger partial charge in [-0.3, -0.25) is 4.79 Å². The molecule has 0 aliphatic rings. The highest BCUT2D eigenvalue weighted by atomic mass is 16.1. The highest BCUT2D eigenvalue weighted by Gasteiger charge is 2.12. The van der Waals surface area contributed by atoms with Crippen molar-refractivity contribution in [2.75, 3.05) is 5.32 Å². The summed E-state index contributed by atoms with van der Waals surface area (Å²) in [6.45, 7) is 5.74. The molecule has 110 valence electrons. The number of carbonyl (C=O) groups is 1. The van der Waals surface area contributed by atoms with E-state index in [-0.39, 0.29) is 11.8 Å². The van der Waals surface area contributed by atoms with Crippen molar-refractivity contribution in [1.82, 2.24) is 0 Å². The summed E-state index contributed by atoms with van der Waals surface area (Å²) in [6.07, 6.45) is 10.2. The summed E-state index contributed by atoms with van der Waals surface area (Å²) in [5.41, 5.74) is 0.883. The second kappa shape index (κ2) is 10.2. The Morgan fingerprint density at radius 1 is 1.15 bits per heavy atom. The van der Waals surface area contributed by atoms with Crippen molar-refractivity contribution in [2.45, 2.75) is 51.9 Å². The zero-order chi connectivity index (χ0) is 14.6. The number of unbranched alkanes of at least 4 members (excludes halogenated alkanes) is 5. The summed E-state index contributed by atoms with van der Waals surface area (Å²) >= 11 is 0. The number of hydrogen-bond acceptors (Lipinski definition) is 1. The molecule has 1 rings (SSSR count). The largest absolute Gasteiger partial charge is 0.326 e. The lowest BCUT2D eigenvalue weighted by Crippen LogP contribution is -2.20. The summed E-state index contributed by atoms with van der Waals surface area (Å²) in [5.74, 6) is 0.214. The maximum absolute atomic E-state index is 12.0. The van der Waals surface area contributed by atoms with Gasteiger partial charge in [0.1, 0.15) is 0 Å². The molecule has 1 aromatic rings. The summed E-state index contributed by atoms with van der Waals surface area (Å²) in [7, 11) is 0. The monoisotopic (exact) mass is 273 g/mol. The second-order valence-electron chi connectivity index (χ2n) is 5.39. The highest BCUT2D eigenvalue weighted by Crippen LogP contribution is 2.14. The average Bonchev–Trinajstić information content (AvgIpc) is 2.47.